The van der Waals surface area contributed by atoms with Gasteiger partial charge < -0.3 is 14.7 Å². The predicted octanol–water partition coefficient (Wildman–Crippen LogP) is 7.13. The van der Waals surface area contributed by atoms with Gasteiger partial charge in [-0.3, -0.25) is 0 Å². The summed E-state index contributed by atoms with van der Waals surface area (Å²) in [6.07, 6.45) is 2.91. The van der Waals surface area contributed by atoms with E-state index in [2.05, 4.69) is 65.3 Å². The molecule has 1 aliphatic carbocycles. The Labute approximate surface area is 242 Å². The van der Waals surface area contributed by atoms with Gasteiger partial charge in [0.2, 0.25) is 5.88 Å². The first-order valence-electron chi connectivity index (χ1n) is 14.4. The van der Waals surface area contributed by atoms with Gasteiger partial charge in [-0.2, -0.15) is 0 Å². The van der Waals surface area contributed by atoms with Gasteiger partial charge in [0.15, 0.2) is 0 Å². The van der Waals surface area contributed by atoms with Crippen LogP contribution in [-0.4, -0.2) is 42.7 Å². The summed E-state index contributed by atoms with van der Waals surface area (Å²) < 4.78 is 5.96. The molecule has 1 aliphatic rings. The van der Waals surface area contributed by atoms with Gasteiger partial charge in [-0.05, 0) is 79.5 Å². The number of nitrogens with zero attached hydrogens (tertiary/aromatic N) is 2. The van der Waals surface area contributed by atoms with Crippen molar-refractivity contribution in [2.75, 3.05) is 27.7 Å². The highest BCUT2D eigenvalue weighted by molar-refractivity contribution is 5.87. The highest BCUT2D eigenvalue weighted by Crippen LogP contribution is 2.49. The van der Waals surface area contributed by atoms with E-state index in [-0.39, 0.29) is 0 Å². The van der Waals surface area contributed by atoms with E-state index in [1.54, 1.807) is 7.11 Å². The van der Waals surface area contributed by atoms with Crippen LogP contribution in [0.15, 0.2) is 97.1 Å². The second-order valence-corrected chi connectivity index (χ2v) is 11.4. The van der Waals surface area contributed by atoms with E-state index in [1.807, 2.05) is 62.6 Å². The first-order valence-corrected chi connectivity index (χ1v) is 14.4. The van der Waals surface area contributed by atoms with E-state index in [4.69, 9.17) is 9.72 Å². The molecule has 0 aliphatic heterocycles. The fourth-order valence-corrected chi connectivity index (χ4v) is 5.83. The van der Waals surface area contributed by atoms with Crippen LogP contribution < -0.4 is 4.74 Å². The van der Waals surface area contributed by atoms with Crippen LogP contribution in [-0.2, 0) is 5.60 Å². The Morgan fingerprint density at radius 2 is 1.68 bits per heavy atom. The van der Waals surface area contributed by atoms with E-state index in [0.29, 0.717) is 24.8 Å². The van der Waals surface area contributed by atoms with Crippen molar-refractivity contribution in [1.29, 1.82) is 0 Å². The van der Waals surface area contributed by atoms with Crippen molar-refractivity contribution in [2.45, 2.75) is 30.8 Å². The lowest BCUT2D eigenvalue weighted by molar-refractivity contribution is 0.00520. The van der Waals surface area contributed by atoms with Gasteiger partial charge in [-0.1, -0.05) is 84.6 Å². The number of fused-ring (bicyclic) bond motifs is 2. The van der Waals surface area contributed by atoms with E-state index >= 15 is 0 Å². The number of aliphatic hydroxyl groups is 1. The Morgan fingerprint density at radius 3 is 2.44 bits per heavy atom. The second kappa shape index (κ2) is 11.4. The zero-order valence-electron chi connectivity index (χ0n) is 24.0. The summed E-state index contributed by atoms with van der Waals surface area (Å²) in [5.74, 6) is 7.34. The highest BCUT2D eigenvalue weighted by atomic mass is 16.5. The van der Waals surface area contributed by atoms with E-state index in [1.165, 1.54) is 12.8 Å². The smallest absolute Gasteiger partial charge is 0.217 e. The number of aromatic nitrogens is 1. The van der Waals surface area contributed by atoms with Gasteiger partial charge in [0.25, 0.3) is 0 Å². The summed E-state index contributed by atoms with van der Waals surface area (Å²) in [6.45, 7) is 0.702. The predicted molar refractivity (Wildman–Crippen MR) is 167 cm³/mol. The molecule has 4 heteroatoms. The van der Waals surface area contributed by atoms with Gasteiger partial charge in [-0.15, -0.1) is 0 Å². The van der Waals surface area contributed by atoms with Gasteiger partial charge in [0.05, 0.1) is 12.6 Å². The molecule has 0 bridgehead atoms. The molecule has 4 nitrogen and oxygen atoms in total. The molecular formula is C37H36N2O2. The Bertz CT molecular complexity index is 1740. The topological polar surface area (TPSA) is 45.6 Å². The molecular weight excluding hydrogens is 504 g/mol. The summed E-state index contributed by atoms with van der Waals surface area (Å²) in [5, 5.41) is 16.3. The van der Waals surface area contributed by atoms with Crippen molar-refractivity contribution in [2.24, 2.45) is 5.92 Å². The van der Waals surface area contributed by atoms with Crippen molar-refractivity contribution in [3.05, 3.63) is 119 Å². The largest absolute Gasteiger partial charge is 0.481 e. The lowest BCUT2D eigenvalue weighted by Gasteiger charge is -2.39. The van der Waals surface area contributed by atoms with Crippen LogP contribution in [0.25, 0.3) is 21.7 Å². The molecule has 5 aromatic rings. The first-order chi connectivity index (χ1) is 20.0. The number of hydrogen-bond donors (Lipinski definition) is 1. The zero-order valence-corrected chi connectivity index (χ0v) is 24.0. The van der Waals surface area contributed by atoms with E-state index < -0.39 is 11.5 Å². The van der Waals surface area contributed by atoms with Crippen LogP contribution in [0.1, 0.15) is 47.4 Å². The summed E-state index contributed by atoms with van der Waals surface area (Å²) in [7, 11) is 5.75. The van der Waals surface area contributed by atoms with Crippen LogP contribution >= 0.6 is 0 Å². The SMILES string of the molecule is COc1nc2ccc(C#CC3CC3)cc2cc1C(c1ccccc1)C(O)(CCN(C)C)c1cccc2ccccc12. The quantitative estimate of drug-likeness (QED) is 0.213. The molecule has 6 rings (SSSR count). The molecule has 1 heterocycles. The lowest BCUT2D eigenvalue weighted by Crippen LogP contribution is -2.38. The summed E-state index contributed by atoms with van der Waals surface area (Å²) in [5.41, 5.74) is 3.32. The zero-order chi connectivity index (χ0) is 28.4. The van der Waals surface area contributed by atoms with Gasteiger partial charge in [-0.25, -0.2) is 4.98 Å². The molecule has 0 spiro atoms. The minimum Gasteiger partial charge on any atom is -0.481 e. The monoisotopic (exact) mass is 540 g/mol. The molecule has 2 atom stereocenters. The summed E-state index contributed by atoms with van der Waals surface area (Å²) in [6, 6.07) is 33.1. The van der Waals surface area contributed by atoms with Crippen molar-refractivity contribution in [3.63, 3.8) is 0 Å². The average molecular weight is 541 g/mol. The third kappa shape index (κ3) is 5.57. The Kier molecular flexibility index (Phi) is 7.49. The van der Waals surface area contributed by atoms with Gasteiger partial charge >= 0.3 is 0 Å². The lowest BCUT2D eigenvalue weighted by atomic mass is 9.70. The fraction of sp³-hybridized carbons (Fsp3) is 0.270. The van der Waals surface area contributed by atoms with Gasteiger partial charge in [0, 0.05) is 34.9 Å². The first kappa shape index (κ1) is 27.0. The number of benzene rings is 4. The Hall–Kier alpha value is -4.17. The van der Waals surface area contributed by atoms with Crippen LogP contribution in [0.3, 0.4) is 0 Å². The number of rotatable bonds is 8. The molecule has 206 valence electrons. The Balaban J connectivity index is 1.61. The number of ether oxygens (including phenoxy) is 1. The average Bonchev–Trinajstić information content (AvgIpc) is 3.83. The van der Waals surface area contributed by atoms with Crippen LogP contribution in [0.5, 0.6) is 5.88 Å². The van der Waals surface area contributed by atoms with Crippen molar-refractivity contribution < 1.29 is 9.84 Å². The van der Waals surface area contributed by atoms with Crippen molar-refractivity contribution in [3.8, 4) is 17.7 Å². The molecule has 4 aromatic carbocycles. The van der Waals surface area contributed by atoms with Crippen molar-refractivity contribution >= 4 is 21.7 Å². The number of pyridine rings is 1. The molecule has 1 saturated carbocycles. The maximum atomic E-state index is 13.2. The summed E-state index contributed by atoms with van der Waals surface area (Å²) >= 11 is 0. The maximum Gasteiger partial charge on any atom is 0.217 e. The van der Waals surface area contributed by atoms with E-state index in [9.17, 15) is 5.11 Å². The number of hydrogen-bond acceptors (Lipinski definition) is 4. The molecule has 0 saturated heterocycles. The Morgan fingerprint density at radius 1 is 0.927 bits per heavy atom. The maximum absolute atomic E-state index is 13.2. The molecule has 0 radical (unpaired) electrons. The third-order valence-electron chi connectivity index (χ3n) is 8.12. The fourth-order valence-electron chi connectivity index (χ4n) is 5.83. The molecule has 2 unspecified atom stereocenters. The molecule has 1 aromatic heterocycles. The standard InChI is InChI=1S/C37H36N2O2/c1-39(2)23-22-37(40,33-15-9-13-28-10-7-8-14-31(28)33)35(29-11-5-4-6-12-29)32-25-30-24-27(19-18-26-16-17-26)20-21-34(30)38-36(32)41-3/h4-15,20-21,24-26,35,40H,16-17,22-23H2,1-3H3. The minimum absolute atomic E-state index is 0.442. The minimum atomic E-state index is -1.27. The second-order valence-electron chi connectivity index (χ2n) is 11.4. The van der Waals surface area contributed by atoms with Crippen LogP contribution in [0.2, 0.25) is 0 Å². The molecule has 1 fully saturated rings. The molecule has 0 amide bonds. The van der Waals surface area contributed by atoms with Crippen LogP contribution in [0, 0.1) is 17.8 Å². The van der Waals surface area contributed by atoms with Crippen LogP contribution in [0.4, 0.5) is 0 Å². The molecule has 1 N–H and O–H groups in total. The van der Waals surface area contributed by atoms with E-state index in [0.717, 1.165) is 43.9 Å². The molecule has 41 heavy (non-hydrogen) atoms. The highest BCUT2D eigenvalue weighted by Gasteiger charge is 2.43. The van der Waals surface area contributed by atoms with Crippen molar-refractivity contribution in [1.82, 2.24) is 9.88 Å². The normalized spacial score (nSPS) is 15.3. The summed E-state index contributed by atoms with van der Waals surface area (Å²) in [4.78, 5) is 7.09. The van der Waals surface area contributed by atoms with Gasteiger partial charge in [0.1, 0.15) is 5.60 Å². The third-order valence-corrected chi connectivity index (χ3v) is 8.12. The number of methoxy groups -OCH3 is 1.